The molecule has 0 saturated heterocycles. The van der Waals surface area contributed by atoms with Gasteiger partial charge in [-0.05, 0) is 176 Å². The molecule has 0 atom stereocenters. The van der Waals surface area contributed by atoms with Crippen LogP contribution < -0.4 is 78.1 Å². The lowest BCUT2D eigenvalue weighted by Gasteiger charge is -2.48. The summed E-state index contributed by atoms with van der Waals surface area (Å²) >= 11 is 0. The van der Waals surface area contributed by atoms with Gasteiger partial charge in [0.2, 0.25) is 0 Å². The summed E-state index contributed by atoms with van der Waals surface area (Å²) in [6.07, 6.45) is 0. The molecule has 6 aliphatic rings. The molecule has 6 aliphatic heterocycles. The van der Waals surface area contributed by atoms with Gasteiger partial charge in [-0.25, -0.2) is 0 Å². The Morgan fingerprint density at radius 2 is 0.512 bits per heavy atom. The maximum atomic E-state index is 8.47. The fourth-order valence-electron chi connectivity index (χ4n) is 21.1. The molecule has 0 spiro atoms. The van der Waals surface area contributed by atoms with Gasteiger partial charge in [0.1, 0.15) is 34.5 Å². The van der Waals surface area contributed by atoms with Gasteiger partial charge in [0.25, 0.3) is 20.1 Å². The smallest absolute Gasteiger partial charge is 0.265 e. The van der Waals surface area contributed by atoms with E-state index in [4.69, 9.17) is 14.2 Å². The van der Waals surface area contributed by atoms with Gasteiger partial charge in [-0.15, -0.1) is 0 Å². The summed E-state index contributed by atoms with van der Waals surface area (Å²) in [4.78, 5) is 7.79. The van der Waals surface area contributed by atoms with E-state index in [-0.39, 0.29) is 6.71 Å². The van der Waals surface area contributed by atoms with E-state index in [2.05, 4.69) is 466 Å². The fourth-order valence-corrected chi connectivity index (χ4v) is 21.1. The number of hydrogen-bond donors (Lipinski definition) is 0. The number of anilines is 9. The molecule has 0 aliphatic carbocycles. The van der Waals surface area contributed by atoms with E-state index in [1.54, 1.807) is 0 Å². The average Bonchev–Trinajstić information content (AvgIpc) is 0.674. The molecule has 0 saturated carbocycles. The number of para-hydroxylation sites is 2. The lowest BCUT2D eigenvalue weighted by molar-refractivity contribution is 0.459. The Balaban J connectivity index is 0.827. The molecule has 0 unspecified atom stereocenters. The summed E-state index contributed by atoms with van der Waals surface area (Å²) in [5.41, 5.74) is 39.4. The summed E-state index contributed by atoms with van der Waals surface area (Å²) in [5, 5.41) is 0. The normalized spacial score (nSPS) is 13.1. The van der Waals surface area contributed by atoms with Crippen molar-refractivity contribution in [1.29, 1.82) is 0 Å². The molecule has 19 aromatic carbocycles. The number of rotatable bonds is 12. The molecule has 0 radical (unpaired) electrons. The summed E-state index contributed by atoms with van der Waals surface area (Å²) in [6, 6.07) is 159. The third-order valence-corrected chi connectivity index (χ3v) is 27.0. The van der Waals surface area contributed by atoms with Crippen LogP contribution in [0.2, 0.25) is 0 Å². The predicted molar refractivity (Wildman–Crippen MR) is 532 cm³/mol. The van der Waals surface area contributed by atoms with Gasteiger partial charge < -0.3 is 28.9 Å². The van der Waals surface area contributed by atoms with Gasteiger partial charge in [-0.1, -0.05) is 391 Å². The Morgan fingerprint density at radius 3 is 0.929 bits per heavy atom. The highest BCUT2D eigenvalue weighted by atomic mass is 16.5. The van der Waals surface area contributed by atoms with Crippen molar-refractivity contribution in [1.82, 2.24) is 0 Å². The first-order chi connectivity index (χ1) is 62.7. The standard InChI is InChI=1S/C118H80B3N3O3/c1-118(2,3)89-71-101-109-102(72-89)124(115-93(83-47-27-11-28-48-83)53-32-54-94(115)84-49-29-12-30-50-84)104-74-108-113-117(111(104)120(109)95-63-57-86(77-37-17-6-18-38-77)68-100(95)123(101)114-91(81-43-23-9-24-44-81)51-31-52-92(114)82-45-25-10-26-46-82)127-106-70-88(79-41-21-8-22-42-79)59-65-97(106)121(113)112-107(125-108)73-103-110-116(112)126-105-69-87(78-39-19-7-20-40-78)58-64-96(105)119(110)98-67-85(76-35-15-5-16-36-76)60-66-99(98)122(103)90-61-55-80(56-62-90)75-33-13-4-14-34-75/h4-74H,1-3H3. The lowest BCUT2D eigenvalue weighted by atomic mass is 9.29. The zero-order chi connectivity index (χ0) is 84.1. The minimum atomic E-state index is -0.539. The first-order valence-corrected chi connectivity index (χ1v) is 44.1. The number of hydrogen-bond acceptors (Lipinski definition) is 6. The molecular weight excluding hydrogens is 1540 g/mol. The number of ether oxygens (including phenoxy) is 3. The van der Waals surface area contributed by atoms with Crippen molar-refractivity contribution in [2.75, 3.05) is 14.7 Å². The first kappa shape index (κ1) is 73.9. The van der Waals surface area contributed by atoms with Gasteiger partial charge >= 0.3 is 0 Å². The third kappa shape index (κ3) is 12.0. The van der Waals surface area contributed by atoms with Crippen molar-refractivity contribution in [3.05, 3.63) is 436 Å². The zero-order valence-electron chi connectivity index (χ0n) is 70.3. The van der Waals surface area contributed by atoms with Crippen molar-refractivity contribution in [3.8, 4) is 135 Å². The quantitative estimate of drug-likeness (QED) is 0.114. The Bertz CT molecular complexity index is 7520. The predicted octanol–water partition coefficient (Wildman–Crippen LogP) is 25.2. The minimum Gasteiger partial charge on any atom is -0.459 e. The largest absolute Gasteiger partial charge is 0.459 e. The maximum absolute atomic E-state index is 8.47. The summed E-state index contributed by atoms with van der Waals surface area (Å²) in [5.74, 6) is 4.45. The minimum absolute atomic E-state index is 0.312. The summed E-state index contributed by atoms with van der Waals surface area (Å²) in [6.45, 7) is 5.78. The number of benzene rings is 19. The second-order valence-electron chi connectivity index (χ2n) is 35.2. The molecule has 0 aromatic heterocycles. The molecular formula is C118H80B3N3O3. The summed E-state index contributed by atoms with van der Waals surface area (Å²) in [7, 11) is 0. The van der Waals surface area contributed by atoms with E-state index in [1.165, 1.54) is 11.0 Å². The highest BCUT2D eigenvalue weighted by Gasteiger charge is 2.54. The highest BCUT2D eigenvalue weighted by Crippen LogP contribution is 2.57. The Morgan fingerprint density at radius 1 is 0.197 bits per heavy atom. The molecule has 594 valence electrons. The number of nitrogens with zero attached hydrogens (tertiary/aromatic N) is 3. The van der Waals surface area contributed by atoms with Crippen LogP contribution in [0.25, 0.3) is 100 Å². The van der Waals surface area contributed by atoms with Crippen LogP contribution in [0.5, 0.6) is 34.5 Å². The van der Waals surface area contributed by atoms with Gasteiger partial charge in [0.15, 0.2) is 0 Å². The van der Waals surface area contributed by atoms with Gasteiger partial charge in [0, 0.05) is 85.1 Å². The lowest BCUT2D eigenvalue weighted by Crippen LogP contribution is -2.66. The fraction of sp³-hybridized carbons (Fsp3) is 0.0339. The van der Waals surface area contributed by atoms with E-state index in [0.717, 1.165) is 218 Å². The summed E-state index contributed by atoms with van der Waals surface area (Å²) < 4.78 is 25.0. The van der Waals surface area contributed by atoms with Crippen molar-refractivity contribution in [2.24, 2.45) is 0 Å². The topological polar surface area (TPSA) is 37.4 Å². The van der Waals surface area contributed by atoms with Crippen molar-refractivity contribution < 1.29 is 14.2 Å². The van der Waals surface area contributed by atoms with Crippen LogP contribution in [0.1, 0.15) is 26.3 Å². The second-order valence-corrected chi connectivity index (χ2v) is 35.2. The highest BCUT2D eigenvalue weighted by molar-refractivity contribution is 7.05. The third-order valence-electron chi connectivity index (χ3n) is 27.0. The van der Waals surface area contributed by atoms with E-state index in [1.807, 2.05) is 0 Å². The molecule has 6 nitrogen and oxygen atoms in total. The van der Waals surface area contributed by atoms with E-state index in [9.17, 15) is 0 Å². The van der Waals surface area contributed by atoms with E-state index < -0.39 is 18.8 Å². The SMILES string of the molecule is CC(C)(C)c1cc2c3c(c1)N(c1c(-c4ccccc4)cccc1-c1ccccc1)c1cc4c5c(c1B3c1ccc(-c3ccccc3)cc1N2c1c(-c2ccccc2)cccc1-c1ccccc1)Oc1cc(-c2ccccc2)ccc1B5c1c(cc2c3c1Oc1cc(-c5ccccc5)ccc1B3c1cc(-c3ccccc3)ccc1N2c1ccc(-c2ccccc2)cc1)O4. The van der Waals surface area contributed by atoms with Crippen LogP contribution in [-0.4, -0.2) is 20.1 Å². The van der Waals surface area contributed by atoms with E-state index >= 15 is 0 Å². The van der Waals surface area contributed by atoms with Crippen LogP contribution in [0.3, 0.4) is 0 Å². The van der Waals surface area contributed by atoms with E-state index in [0.29, 0.717) is 11.5 Å². The van der Waals surface area contributed by atoms with Crippen LogP contribution in [-0.2, 0) is 5.41 Å². The maximum Gasteiger partial charge on any atom is 0.265 e. The zero-order valence-corrected chi connectivity index (χ0v) is 70.3. The average molecular weight is 1620 g/mol. The van der Waals surface area contributed by atoms with Crippen LogP contribution in [0.15, 0.2) is 431 Å². The van der Waals surface area contributed by atoms with Gasteiger partial charge in [0.05, 0.1) is 11.4 Å². The molecule has 19 aromatic rings. The van der Waals surface area contributed by atoms with Crippen molar-refractivity contribution in [2.45, 2.75) is 26.2 Å². The second kappa shape index (κ2) is 29.4. The molecule has 0 bridgehead atoms. The van der Waals surface area contributed by atoms with Crippen molar-refractivity contribution in [3.63, 3.8) is 0 Å². The molecule has 0 amide bonds. The molecule has 0 N–H and O–H groups in total. The van der Waals surface area contributed by atoms with Crippen LogP contribution in [0.4, 0.5) is 51.2 Å². The molecule has 6 heterocycles. The molecule has 0 fully saturated rings. The van der Waals surface area contributed by atoms with Crippen molar-refractivity contribution >= 4 is 120 Å². The molecule has 9 heteroatoms. The molecule has 25 rings (SSSR count). The Labute approximate surface area is 741 Å². The monoisotopic (exact) mass is 1620 g/mol. The van der Waals surface area contributed by atoms with Gasteiger partial charge in [-0.2, -0.15) is 0 Å². The Hall–Kier alpha value is -15.8. The molecule has 127 heavy (non-hydrogen) atoms. The van der Waals surface area contributed by atoms with Crippen LogP contribution in [0, 0.1) is 0 Å². The number of fused-ring (bicyclic) bond motifs is 14. The van der Waals surface area contributed by atoms with Gasteiger partial charge in [-0.3, -0.25) is 0 Å². The first-order valence-electron chi connectivity index (χ1n) is 44.1. The Kier molecular flexibility index (Phi) is 17.1. The van der Waals surface area contributed by atoms with Crippen LogP contribution >= 0.6 is 0 Å².